The van der Waals surface area contributed by atoms with Gasteiger partial charge in [0.25, 0.3) is 5.56 Å². The van der Waals surface area contributed by atoms with Gasteiger partial charge in [0.1, 0.15) is 17.8 Å². The van der Waals surface area contributed by atoms with Crippen molar-refractivity contribution < 1.29 is 9.53 Å². The minimum Gasteiger partial charge on any atom is -0.497 e. The molecule has 2 aromatic carbocycles. The fourth-order valence-corrected chi connectivity index (χ4v) is 3.89. The van der Waals surface area contributed by atoms with Gasteiger partial charge < -0.3 is 15.0 Å². The zero-order valence-electron chi connectivity index (χ0n) is 16.8. The van der Waals surface area contributed by atoms with Gasteiger partial charge in [-0.15, -0.1) is 0 Å². The fourth-order valence-electron chi connectivity index (χ4n) is 3.89. The average molecular weight is 406 g/mol. The van der Waals surface area contributed by atoms with Gasteiger partial charge in [-0.3, -0.25) is 18.7 Å². The molecule has 2 N–H and O–H groups in total. The molecule has 8 heteroatoms. The van der Waals surface area contributed by atoms with Crippen LogP contribution in [-0.2, 0) is 31.4 Å². The Balaban J connectivity index is 2.01. The predicted octanol–water partition coefficient (Wildman–Crippen LogP) is 1.39. The predicted molar refractivity (Wildman–Crippen MR) is 115 cm³/mol. The zero-order valence-corrected chi connectivity index (χ0v) is 16.8. The second kappa shape index (κ2) is 7.55. The molecule has 0 saturated heterocycles. The Bertz CT molecular complexity index is 1380. The molecule has 2 heterocycles. The van der Waals surface area contributed by atoms with E-state index in [0.717, 1.165) is 11.1 Å². The molecule has 0 radical (unpaired) electrons. The lowest BCUT2D eigenvalue weighted by atomic mass is 10.1. The molecule has 8 nitrogen and oxygen atoms in total. The van der Waals surface area contributed by atoms with E-state index in [1.54, 1.807) is 30.9 Å². The molecule has 1 amide bonds. The van der Waals surface area contributed by atoms with Crippen LogP contribution in [0, 0.1) is 0 Å². The van der Waals surface area contributed by atoms with Crippen molar-refractivity contribution in [3.63, 3.8) is 0 Å². The first-order valence-corrected chi connectivity index (χ1v) is 9.54. The van der Waals surface area contributed by atoms with Gasteiger partial charge in [-0.2, -0.15) is 0 Å². The van der Waals surface area contributed by atoms with Crippen LogP contribution >= 0.6 is 0 Å². The minimum atomic E-state index is -0.661. The first-order valence-electron chi connectivity index (χ1n) is 9.54. The van der Waals surface area contributed by atoms with Gasteiger partial charge in [0, 0.05) is 19.0 Å². The summed E-state index contributed by atoms with van der Waals surface area (Å²) in [5.41, 5.74) is 6.95. The van der Waals surface area contributed by atoms with Crippen molar-refractivity contribution in [1.29, 1.82) is 0 Å². The number of aromatic nitrogens is 3. The molecule has 2 aromatic heterocycles. The standard InChI is InChI=1S/C22H22N4O4/c1-24-17-9-8-15(30-2)12-16(17)19-20(24)21(28)25(22(29)26(19)13-18(23)27)11-10-14-6-4-3-5-7-14/h3-9,12H,10-11,13H2,1-2H3,(H2,23,27). The number of amides is 1. The van der Waals surface area contributed by atoms with Crippen molar-refractivity contribution in [2.45, 2.75) is 19.5 Å². The minimum absolute atomic E-state index is 0.196. The third-order valence-electron chi connectivity index (χ3n) is 5.34. The van der Waals surface area contributed by atoms with E-state index in [1.807, 2.05) is 36.4 Å². The Morgan fingerprint density at radius 1 is 1.03 bits per heavy atom. The van der Waals surface area contributed by atoms with Crippen molar-refractivity contribution in [1.82, 2.24) is 13.7 Å². The van der Waals surface area contributed by atoms with Crippen LogP contribution in [0.5, 0.6) is 5.75 Å². The molecule has 0 spiro atoms. The van der Waals surface area contributed by atoms with Crippen LogP contribution < -0.4 is 21.7 Å². The second-order valence-corrected chi connectivity index (χ2v) is 7.17. The average Bonchev–Trinajstić information content (AvgIpc) is 3.03. The maximum atomic E-state index is 13.3. The van der Waals surface area contributed by atoms with Gasteiger partial charge in [0.15, 0.2) is 0 Å². The van der Waals surface area contributed by atoms with Gasteiger partial charge in [-0.25, -0.2) is 4.79 Å². The highest BCUT2D eigenvalue weighted by Crippen LogP contribution is 2.28. The number of ether oxygens (including phenoxy) is 1. The highest BCUT2D eigenvalue weighted by molar-refractivity contribution is 6.06. The van der Waals surface area contributed by atoms with Crippen LogP contribution in [0.2, 0.25) is 0 Å². The maximum absolute atomic E-state index is 13.3. The van der Waals surface area contributed by atoms with Crippen molar-refractivity contribution in [3.8, 4) is 5.75 Å². The summed E-state index contributed by atoms with van der Waals surface area (Å²) >= 11 is 0. The summed E-state index contributed by atoms with van der Waals surface area (Å²) < 4.78 is 9.50. The molecule has 0 saturated carbocycles. The number of fused-ring (bicyclic) bond motifs is 3. The lowest BCUT2D eigenvalue weighted by molar-refractivity contribution is -0.118. The Labute approximate surface area is 171 Å². The number of nitrogens with two attached hydrogens (primary N) is 1. The lowest BCUT2D eigenvalue weighted by Crippen LogP contribution is -2.42. The van der Waals surface area contributed by atoms with Gasteiger partial charge in [-0.1, -0.05) is 30.3 Å². The molecule has 0 fully saturated rings. The Morgan fingerprint density at radius 2 is 1.77 bits per heavy atom. The highest BCUT2D eigenvalue weighted by Gasteiger charge is 2.21. The van der Waals surface area contributed by atoms with Crippen molar-refractivity contribution in [2.24, 2.45) is 12.8 Å². The summed E-state index contributed by atoms with van der Waals surface area (Å²) in [5, 5.41) is 0.650. The number of primary amides is 1. The number of aryl methyl sites for hydroxylation is 2. The quantitative estimate of drug-likeness (QED) is 0.523. The fraction of sp³-hybridized carbons (Fsp3) is 0.227. The molecule has 0 aliphatic carbocycles. The monoisotopic (exact) mass is 406 g/mol. The molecular weight excluding hydrogens is 384 g/mol. The summed E-state index contributed by atoms with van der Waals surface area (Å²) in [6.07, 6.45) is 0.510. The van der Waals surface area contributed by atoms with Crippen LogP contribution in [0.3, 0.4) is 0 Å². The van der Waals surface area contributed by atoms with Gasteiger partial charge in [0.2, 0.25) is 5.91 Å². The van der Waals surface area contributed by atoms with Crippen LogP contribution in [0.1, 0.15) is 5.56 Å². The summed E-state index contributed by atoms with van der Waals surface area (Å²) in [7, 11) is 3.30. The van der Waals surface area contributed by atoms with E-state index >= 15 is 0 Å². The molecule has 30 heavy (non-hydrogen) atoms. The van der Waals surface area contributed by atoms with Gasteiger partial charge in [0.05, 0.1) is 18.1 Å². The van der Waals surface area contributed by atoms with E-state index in [2.05, 4.69) is 0 Å². The number of benzene rings is 2. The Morgan fingerprint density at radius 3 is 2.43 bits per heavy atom. The van der Waals surface area contributed by atoms with E-state index in [4.69, 9.17) is 10.5 Å². The highest BCUT2D eigenvalue weighted by atomic mass is 16.5. The van der Waals surface area contributed by atoms with Crippen molar-refractivity contribution >= 4 is 27.8 Å². The largest absolute Gasteiger partial charge is 0.497 e. The molecule has 0 aliphatic rings. The number of methoxy groups -OCH3 is 1. The van der Waals surface area contributed by atoms with Crippen molar-refractivity contribution in [3.05, 3.63) is 74.9 Å². The van der Waals surface area contributed by atoms with E-state index in [-0.39, 0.29) is 13.1 Å². The lowest BCUT2D eigenvalue weighted by Gasteiger charge is -2.12. The second-order valence-electron chi connectivity index (χ2n) is 7.17. The number of rotatable bonds is 6. The number of carbonyl (C=O) groups excluding carboxylic acids is 1. The van der Waals surface area contributed by atoms with E-state index in [9.17, 15) is 14.4 Å². The van der Waals surface area contributed by atoms with Gasteiger partial charge in [-0.05, 0) is 30.2 Å². The SMILES string of the molecule is COc1ccc2c(c1)c1c(c(=O)n(CCc3ccccc3)c(=O)n1CC(N)=O)n2C. The molecule has 0 atom stereocenters. The smallest absolute Gasteiger partial charge is 0.332 e. The first-order chi connectivity index (χ1) is 14.4. The molecule has 0 unspecified atom stereocenters. The third-order valence-corrected chi connectivity index (χ3v) is 5.34. The zero-order chi connectivity index (χ0) is 21.4. The Kier molecular flexibility index (Phi) is 4.91. The van der Waals surface area contributed by atoms with Gasteiger partial charge >= 0.3 is 5.69 Å². The number of nitrogens with zero attached hydrogens (tertiary/aromatic N) is 3. The molecule has 4 aromatic rings. The van der Waals surface area contributed by atoms with Crippen LogP contribution in [0.4, 0.5) is 0 Å². The first kappa shape index (κ1) is 19.5. The molecule has 4 rings (SSSR count). The number of carbonyl (C=O) groups is 1. The normalized spacial score (nSPS) is 11.3. The molecule has 0 bridgehead atoms. The van der Waals surface area contributed by atoms with Crippen LogP contribution in [0.15, 0.2) is 58.1 Å². The van der Waals surface area contributed by atoms with E-state index < -0.39 is 17.2 Å². The summed E-state index contributed by atoms with van der Waals surface area (Å²) in [5.74, 6) is -0.0760. The molecule has 0 aliphatic heterocycles. The summed E-state index contributed by atoms with van der Waals surface area (Å²) in [6, 6.07) is 15.0. The van der Waals surface area contributed by atoms with E-state index in [0.29, 0.717) is 28.6 Å². The van der Waals surface area contributed by atoms with Crippen LogP contribution in [0.25, 0.3) is 21.9 Å². The van der Waals surface area contributed by atoms with Crippen LogP contribution in [-0.4, -0.2) is 26.7 Å². The topological polar surface area (TPSA) is 101 Å². The van der Waals surface area contributed by atoms with Crippen molar-refractivity contribution in [2.75, 3.05) is 7.11 Å². The third kappa shape index (κ3) is 3.16. The molecule has 154 valence electrons. The molecular formula is C22H22N4O4. The number of hydrogen-bond donors (Lipinski definition) is 1. The maximum Gasteiger partial charge on any atom is 0.332 e. The Hall–Kier alpha value is -3.81. The summed E-state index contributed by atoms with van der Waals surface area (Å²) in [6.45, 7) is -0.126. The summed E-state index contributed by atoms with van der Waals surface area (Å²) in [4.78, 5) is 38.3. The van der Waals surface area contributed by atoms with E-state index in [1.165, 1.54) is 9.13 Å². The number of hydrogen-bond acceptors (Lipinski definition) is 4.